The first kappa shape index (κ1) is 24.5. The lowest BCUT2D eigenvalue weighted by atomic mass is 9.85. The van der Waals surface area contributed by atoms with Crippen LogP contribution in [0.5, 0.6) is 0 Å². The van der Waals surface area contributed by atoms with E-state index in [1.165, 1.54) is 48.3 Å². The minimum absolute atomic E-state index is 0.609. The molecular formula is C41H21NO2S. The molecule has 0 saturated heterocycles. The van der Waals surface area contributed by atoms with Gasteiger partial charge >= 0.3 is 0 Å². The minimum Gasteiger partial charge on any atom is -0.456 e. The van der Waals surface area contributed by atoms with Crippen LogP contribution in [0.2, 0.25) is 0 Å². The summed E-state index contributed by atoms with van der Waals surface area (Å²) in [5.41, 5.74) is 8.45. The third kappa shape index (κ3) is 3.39. The van der Waals surface area contributed by atoms with Gasteiger partial charge in [-0.15, -0.1) is 11.3 Å². The fraction of sp³-hybridized carbons (Fsp3) is 0. The van der Waals surface area contributed by atoms with Gasteiger partial charge in [-0.05, 0) is 91.6 Å². The topological polar surface area (TPSA) is 50.1 Å². The van der Waals surface area contributed by atoms with Crippen LogP contribution in [0.25, 0.3) is 97.8 Å². The standard InChI is InChI=1S/C41H21NO2S/c42-22-24-7-5-13-34-40(24)33-20-32-25-16-15-23(19-35(25)44-36(32)21-37(33)43-34)39-28-8-1-3-10-30(28)41(31-11-4-2-9-29(31)39)27-12-6-14-38-26(27)17-18-45-38/h1-21H. The second kappa shape index (κ2) is 9.06. The first-order valence-electron chi connectivity index (χ1n) is 14.9. The van der Waals surface area contributed by atoms with Gasteiger partial charge in [-0.3, -0.25) is 0 Å². The lowest BCUT2D eigenvalue weighted by Gasteiger charge is -2.18. The Bertz CT molecular complexity index is 2840. The van der Waals surface area contributed by atoms with Crippen LogP contribution < -0.4 is 0 Å². The number of nitriles is 1. The maximum atomic E-state index is 9.76. The largest absolute Gasteiger partial charge is 0.456 e. The molecule has 0 amide bonds. The summed E-state index contributed by atoms with van der Waals surface area (Å²) in [5.74, 6) is 0. The highest BCUT2D eigenvalue weighted by atomic mass is 32.1. The fourth-order valence-electron chi connectivity index (χ4n) is 7.29. The zero-order valence-electron chi connectivity index (χ0n) is 23.8. The van der Waals surface area contributed by atoms with Crippen LogP contribution in [0, 0.1) is 11.3 Å². The summed E-state index contributed by atoms with van der Waals surface area (Å²) in [4.78, 5) is 0. The summed E-state index contributed by atoms with van der Waals surface area (Å²) in [6.07, 6.45) is 0. The van der Waals surface area contributed by atoms with Crippen molar-refractivity contribution in [2.45, 2.75) is 0 Å². The van der Waals surface area contributed by atoms with Gasteiger partial charge in [-0.25, -0.2) is 0 Å². The summed E-state index contributed by atoms with van der Waals surface area (Å²) >= 11 is 1.78. The lowest BCUT2D eigenvalue weighted by Crippen LogP contribution is -1.91. The highest BCUT2D eigenvalue weighted by molar-refractivity contribution is 7.17. The Kier molecular flexibility index (Phi) is 4.94. The van der Waals surface area contributed by atoms with E-state index in [9.17, 15) is 5.26 Å². The van der Waals surface area contributed by atoms with Crippen LogP contribution in [-0.4, -0.2) is 0 Å². The molecule has 0 atom stereocenters. The fourth-order valence-corrected chi connectivity index (χ4v) is 8.10. The summed E-state index contributed by atoms with van der Waals surface area (Å²) < 4.78 is 14.0. The van der Waals surface area contributed by atoms with Gasteiger partial charge in [0.25, 0.3) is 0 Å². The summed E-state index contributed by atoms with van der Waals surface area (Å²) in [7, 11) is 0. The molecule has 45 heavy (non-hydrogen) atoms. The molecule has 3 nitrogen and oxygen atoms in total. The molecule has 10 aromatic rings. The zero-order chi connectivity index (χ0) is 29.6. The lowest BCUT2D eigenvalue weighted by molar-refractivity contribution is 0.656. The Morgan fingerprint density at radius 1 is 0.489 bits per heavy atom. The van der Waals surface area contributed by atoms with Crippen molar-refractivity contribution in [1.29, 1.82) is 5.26 Å². The molecule has 0 aliphatic heterocycles. The molecule has 10 rings (SSSR count). The SMILES string of the molecule is N#Cc1cccc2oc3cc4oc5cc(-c6c7ccccc7c(-c7cccc8sccc78)c7ccccc67)ccc5c4cc3c12. The van der Waals surface area contributed by atoms with Crippen molar-refractivity contribution >= 4 is 86.8 Å². The van der Waals surface area contributed by atoms with Crippen molar-refractivity contribution in [3.05, 3.63) is 132 Å². The van der Waals surface area contributed by atoms with Crippen molar-refractivity contribution in [1.82, 2.24) is 0 Å². The molecule has 7 aromatic carbocycles. The van der Waals surface area contributed by atoms with Crippen LogP contribution in [0.15, 0.2) is 136 Å². The molecule has 0 aliphatic rings. The second-order valence-corrected chi connectivity index (χ2v) is 12.5. The molecule has 0 fully saturated rings. The number of hydrogen-bond acceptors (Lipinski definition) is 4. The molecule has 3 heterocycles. The van der Waals surface area contributed by atoms with Gasteiger partial charge in [0.1, 0.15) is 22.3 Å². The van der Waals surface area contributed by atoms with Crippen molar-refractivity contribution < 1.29 is 8.83 Å². The van der Waals surface area contributed by atoms with Crippen LogP contribution >= 0.6 is 11.3 Å². The van der Waals surface area contributed by atoms with Crippen LogP contribution in [0.3, 0.4) is 0 Å². The van der Waals surface area contributed by atoms with Gasteiger partial charge < -0.3 is 8.83 Å². The Morgan fingerprint density at radius 3 is 1.96 bits per heavy atom. The molecule has 4 heteroatoms. The average molecular weight is 592 g/mol. The highest BCUT2D eigenvalue weighted by Crippen LogP contribution is 2.47. The molecule has 0 unspecified atom stereocenters. The van der Waals surface area contributed by atoms with Crippen molar-refractivity contribution in [3.63, 3.8) is 0 Å². The average Bonchev–Trinajstić information content (AvgIpc) is 3.80. The molecule has 0 spiro atoms. The summed E-state index contributed by atoms with van der Waals surface area (Å²) in [6, 6.07) is 44.9. The predicted molar refractivity (Wildman–Crippen MR) is 187 cm³/mol. The quantitative estimate of drug-likeness (QED) is 0.188. The minimum atomic E-state index is 0.609. The first-order valence-corrected chi connectivity index (χ1v) is 15.8. The van der Waals surface area contributed by atoms with E-state index in [0.29, 0.717) is 16.7 Å². The van der Waals surface area contributed by atoms with E-state index in [4.69, 9.17) is 8.83 Å². The maximum absolute atomic E-state index is 9.76. The zero-order valence-corrected chi connectivity index (χ0v) is 24.6. The Hall–Kier alpha value is -5.89. The van der Waals surface area contributed by atoms with Gasteiger partial charge in [0, 0.05) is 37.7 Å². The van der Waals surface area contributed by atoms with Crippen molar-refractivity contribution in [2.24, 2.45) is 0 Å². The Morgan fingerprint density at radius 2 is 1.18 bits per heavy atom. The first-order chi connectivity index (χ1) is 22.3. The van der Waals surface area contributed by atoms with E-state index in [2.05, 4.69) is 109 Å². The van der Waals surface area contributed by atoms with Crippen LogP contribution in [-0.2, 0) is 0 Å². The third-order valence-corrected chi connectivity index (χ3v) is 10.1. The van der Waals surface area contributed by atoms with E-state index in [-0.39, 0.29) is 0 Å². The van der Waals surface area contributed by atoms with Crippen molar-refractivity contribution in [3.8, 4) is 28.3 Å². The molecule has 3 aromatic heterocycles. The summed E-state index contributed by atoms with van der Waals surface area (Å²) in [5, 5.41) is 21.9. The maximum Gasteiger partial charge on any atom is 0.139 e. The molecule has 0 radical (unpaired) electrons. The molecule has 0 aliphatic carbocycles. The van der Waals surface area contributed by atoms with E-state index in [0.717, 1.165) is 38.3 Å². The molecule has 0 bridgehead atoms. The van der Waals surface area contributed by atoms with Crippen LogP contribution in [0.4, 0.5) is 0 Å². The second-order valence-electron chi connectivity index (χ2n) is 11.5. The van der Waals surface area contributed by atoms with E-state index >= 15 is 0 Å². The number of rotatable bonds is 2. The van der Waals surface area contributed by atoms with Gasteiger partial charge in [0.05, 0.1) is 11.6 Å². The van der Waals surface area contributed by atoms with Gasteiger partial charge in [0.15, 0.2) is 0 Å². The van der Waals surface area contributed by atoms with Crippen molar-refractivity contribution in [2.75, 3.05) is 0 Å². The van der Waals surface area contributed by atoms with E-state index in [1.54, 1.807) is 11.3 Å². The summed E-state index contributed by atoms with van der Waals surface area (Å²) in [6.45, 7) is 0. The van der Waals surface area contributed by atoms with Gasteiger partial charge in [-0.1, -0.05) is 72.8 Å². The van der Waals surface area contributed by atoms with Crippen LogP contribution in [0.1, 0.15) is 5.56 Å². The number of thiophene rings is 1. The normalized spacial score (nSPS) is 12.0. The number of hydrogen-bond donors (Lipinski definition) is 0. The molecule has 0 saturated carbocycles. The Balaban J connectivity index is 1.25. The molecular weight excluding hydrogens is 571 g/mol. The number of nitrogens with zero attached hydrogens (tertiary/aromatic N) is 1. The highest BCUT2D eigenvalue weighted by Gasteiger charge is 2.20. The Labute approximate surface area is 260 Å². The molecule has 0 N–H and O–H groups in total. The number of fused-ring (bicyclic) bond motifs is 9. The van der Waals surface area contributed by atoms with Gasteiger partial charge in [-0.2, -0.15) is 5.26 Å². The van der Waals surface area contributed by atoms with E-state index < -0.39 is 0 Å². The van der Waals surface area contributed by atoms with Gasteiger partial charge in [0.2, 0.25) is 0 Å². The molecule has 208 valence electrons. The monoisotopic (exact) mass is 591 g/mol. The number of benzene rings is 7. The smallest absolute Gasteiger partial charge is 0.139 e. The predicted octanol–water partition coefficient (Wildman–Crippen LogP) is 12.2. The van der Waals surface area contributed by atoms with E-state index in [1.807, 2.05) is 24.3 Å². The third-order valence-electron chi connectivity index (χ3n) is 9.19. The number of furan rings is 2.